The molecule has 0 spiro atoms. The topological polar surface area (TPSA) is 73.9 Å². The van der Waals surface area contributed by atoms with E-state index in [0.717, 1.165) is 10.1 Å². The Labute approximate surface area is 168 Å². The second kappa shape index (κ2) is 8.41. The number of imidazole rings is 1. The van der Waals surface area contributed by atoms with E-state index in [4.69, 9.17) is 4.74 Å². The summed E-state index contributed by atoms with van der Waals surface area (Å²) in [6.07, 6.45) is 2.40. The Morgan fingerprint density at radius 3 is 2.62 bits per heavy atom. The molecule has 1 saturated heterocycles. The van der Waals surface area contributed by atoms with Crippen LogP contribution in [0.2, 0.25) is 0 Å². The monoisotopic (exact) mass is 425 g/mol. The van der Waals surface area contributed by atoms with Gasteiger partial charge in [0.05, 0.1) is 13.2 Å². The average molecular weight is 425 g/mol. The second-order valence-corrected chi connectivity index (χ2v) is 7.31. The number of morpholine rings is 1. The molecule has 0 saturated carbocycles. The first-order valence-corrected chi connectivity index (χ1v) is 9.87. The van der Waals surface area contributed by atoms with Gasteiger partial charge in [-0.3, -0.25) is 9.13 Å². The van der Waals surface area contributed by atoms with E-state index in [1.165, 1.54) is 11.8 Å². The van der Waals surface area contributed by atoms with E-state index < -0.39 is 12.7 Å². The molecular weight excluding hydrogens is 407 g/mol. The number of thioether (sulfide) groups is 1. The largest absolute Gasteiger partial charge is 0.406 e. The lowest BCUT2D eigenvalue weighted by molar-refractivity contribution is -0.141. The van der Waals surface area contributed by atoms with Crippen molar-refractivity contribution < 1.29 is 17.9 Å². The Morgan fingerprint density at radius 2 is 1.97 bits per heavy atom. The quantitative estimate of drug-likeness (QED) is 0.562. The molecule has 0 bridgehead atoms. The van der Waals surface area contributed by atoms with Crippen LogP contribution in [0.5, 0.6) is 0 Å². The highest BCUT2D eigenvalue weighted by molar-refractivity contribution is 7.98. The maximum absolute atomic E-state index is 13.1. The lowest BCUT2D eigenvalue weighted by Gasteiger charge is -2.28. The molecule has 1 aliphatic heterocycles. The lowest BCUT2D eigenvalue weighted by atomic mass is 10.3. The van der Waals surface area contributed by atoms with Gasteiger partial charge in [0.1, 0.15) is 18.7 Å². The van der Waals surface area contributed by atoms with Crippen molar-refractivity contribution in [3.05, 3.63) is 42.6 Å². The van der Waals surface area contributed by atoms with Crippen LogP contribution in [0.4, 0.5) is 19.1 Å². The van der Waals surface area contributed by atoms with Crippen molar-refractivity contribution in [1.29, 1.82) is 0 Å². The second-order valence-electron chi connectivity index (χ2n) is 6.37. The van der Waals surface area contributed by atoms with E-state index in [-0.39, 0.29) is 11.1 Å². The minimum Gasteiger partial charge on any atom is -0.378 e. The van der Waals surface area contributed by atoms with E-state index in [0.29, 0.717) is 37.9 Å². The van der Waals surface area contributed by atoms with Gasteiger partial charge in [-0.25, -0.2) is 9.97 Å². The normalized spacial score (nSPS) is 15.1. The molecule has 3 aromatic rings. The molecule has 12 heteroatoms. The molecule has 3 aromatic heterocycles. The number of hydrogen-bond acceptors (Lipinski definition) is 7. The molecular formula is C17H18F3N7OS. The van der Waals surface area contributed by atoms with Crippen LogP contribution in [0.25, 0.3) is 5.82 Å². The number of pyridine rings is 1. The van der Waals surface area contributed by atoms with Gasteiger partial charge in [0, 0.05) is 37.4 Å². The summed E-state index contributed by atoms with van der Waals surface area (Å²) >= 11 is 1.20. The zero-order valence-corrected chi connectivity index (χ0v) is 16.1. The Bertz CT molecular complexity index is 922. The first kappa shape index (κ1) is 19.7. The number of hydrogen-bond donors (Lipinski definition) is 0. The van der Waals surface area contributed by atoms with Crippen molar-refractivity contribution in [1.82, 2.24) is 29.3 Å². The molecule has 29 heavy (non-hydrogen) atoms. The first-order chi connectivity index (χ1) is 14.0. The maximum atomic E-state index is 13.1. The smallest absolute Gasteiger partial charge is 0.378 e. The number of aromatic nitrogens is 6. The molecule has 0 amide bonds. The third-order valence-electron chi connectivity index (χ3n) is 4.27. The van der Waals surface area contributed by atoms with Crippen molar-refractivity contribution >= 4 is 17.7 Å². The van der Waals surface area contributed by atoms with E-state index >= 15 is 0 Å². The Balaban J connectivity index is 1.49. The molecule has 1 fully saturated rings. The summed E-state index contributed by atoms with van der Waals surface area (Å²) in [4.78, 5) is 10.1. The lowest BCUT2D eigenvalue weighted by Crippen LogP contribution is -2.38. The Hall–Kier alpha value is -2.60. The number of rotatable bonds is 6. The van der Waals surface area contributed by atoms with E-state index in [2.05, 4.69) is 20.2 Å². The predicted octanol–water partition coefficient (Wildman–Crippen LogP) is 2.55. The van der Waals surface area contributed by atoms with Gasteiger partial charge < -0.3 is 9.64 Å². The van der Waals surface area contributed by atoms with Crippen LogP contribution in [0.15, 0.2) is 42.2 Å². The molecule has 154 valence electrons. The highest BCUT2D eigenvalue weighted by Crippen LogP contribution is 2.29. The maximum Gasteiger partial charge on any atom is 0.406 e. The fourth-order valence-electron chi connectivity index (χ4n) is 2.90. The summed E-state index contributed by atoms with van der Waals surface area (Å²) in [5.74, 6) is 1.36. The summed E-state index contributed by atoms with van der Waals surface area (Å²) in [5, 5.41) is 8.25. The number of ether oxygens (including phenoxy) is 1. The van der Waals surface area contributed by atoms with Crippen molar-refractivity contribution in [2.45, 2.75) is 23.6 Å². The van der Waals surface area contributed by atoms with Crippen LogP contribution in [0, 0.1) is 0 Å². The predicted molar refractivity (Wildman–Crippen MR) is 100 cm³/mol. The van der Waals surface area contributed by atoms with Gasteiger partial charge in [0.2, 0.25) is 5.95 Å². The molecule has 0 N–H and O–H groups in total. The first-order valence-electron chi connectivity index (χ1n) is 8.88. The highest BCUT2D eigenvalue weighted by atomic mass is 32.2. The Morgan fingerprint density at radius 1 is 1.14 bits per heavy atom. The zero-order valence-electron chi connectivity index (χ0n) is 15.3. The Kier molecular flexibility index (Phi) is 5.72. The molecule has 0 atom stereocenters. The van der Waals surface area contributed by atoms with E-state index in [1.807, 2.05) is 12.1 Å². The van der Waals surface area contributed by atoms with E-state index in [1.54, 1.807) is 34.4 Å². The van der Waals surface area contributed by atoms with Crippen LogP contribution in [-0.2, 0) is 17.0 Å². The van der Waals surface area contributed by atoms with E-state index in [9.17, 15) is 13.2 Å². The molecule has 1 aliphatic rings. The number of anilines is 1. The minimum atomic E-state index is -4.37. The van der Waals surface area contributed by atoms with Crippen molar-refractivity contribution in [2.75, 3.05) is 31.2 Å². The van der Waals surface area contributed by atoms with Crippen LogP contribution in [0.1, 0.15) is 5.56 Å². The van der Waals surface area contributed by atoms with Crippen molar-refractivity contribution in [2.24, 2.45) is 0 Å². The molecule has 4 heterocycles. The average Bonchev–Trinajstić information content (AvgIpc) is 3.37. The highest BCUT2D eigenvalue weighted by Gasteiger charge is 2.32. The van der Waals surface area contributed by atoms with Gasteiger partial charge in [-0.1, -0.05) is 17.8 Å². The van der Waals surface area contributed by atoms with Crippen LogP contribution in [-0.4, -0.2) is 61.8 Å². The van der Waals surface area contributed by atoms with Gasteiger partial charge in [0.25, 0.3) is 0 Å². The molecule has 0 unspecified atom stereocenters. The third-order valence-corrected chi connectivity index (χ3v) is 5.31. The zero-order chi connectivity index (χ0) is 20.3. The number of halogens is 3. The van der Waals surface area contributed by atoms with Crippen LogP contribution in [0.3, 0.4) is 0 Å². The summed E-state index contributed by atoms with van der Waals surface area (Å²) < 4.78 is 47.6. The molecule has 0 radical (unpaired) electrons. The molecule has 4 rings (SSSR count). The van der Waals surface area contributed by atoms with Crippen LogP contribution < -0.4 is 4.90 Å². The van der Waals surface area contributed by atoms with Crippen molar-refractivity contribution in [3.63, 3.8) is 0 Å². The summed E-state index contributed by atoms with van der Waals surface area (Å²) in [6.45, 7) is 0.750. The van der Waals surface area contributed by atoms with Gasteiger partial charge in [-0.05, 0) is 11.6 Å². The number of nitrogens with zero attached hydrogens (tertiary/aromatic N) is 7. The standard InChI is InChI=1S/C17H18F3N7OS/c18-17(19,20)11-27-15(25-5-7-28-8-6-25)23-24-16(27)29-10-13-1-2-14(22-9-13)26-4-3-21-12-26/h1-4,9,12H,5-8,10-11H2. The van der Waals surface area contributed by atoms with Crippen LogP contribution >= 0.6 is 11.8 Å². The number of alkyl halides is 3. The third kappa shape index (κ3) is 4.88. The van der Waals surface area contributed by atoms with Gasteiger partial charge in [0.15, 0.2) is 5.16 Å². The fraction of sp³-hybridized carbons (Fsp3) is 0.412. The fourth-order valence-corrected chi connectivity index (χ4v) is 3.77. The van der Waals surface area contributed by atoms with Gasteiger partial charge in [-0.15, -0.1) is 10.2 Å². The molecule has 8 nitrogen and oxygen atoms in total. The molecule has 0 aliphatic carbocycles. The van der Waals surface area contributed by atoms with Gasteiger partial charge in [-0.2, -0.15) is 13.2 Å². The summed E-state index contributed by atoms with van der Waals surface area (Å²) in [5.41, 5.74) is 0.869. The minimum absolute atomic E-state index is 0.224. The summed E-state index contributed by atoms with van der Waals surface area (Å²) in [6, 6.07) is 3.71. The summed E-state index contributed by atoms with van der Waals surface area (Å²) in [7, 11) is 0. The van der Waals surface area contributed by atoms with Crippen molar-refractivity contribution in [3.8, 4) is 5.82 Å². The van der Waals surface area contributed by atoms with Gasteiger partial charge >= 0.3 is 6.18 Å². The SMILES string of the molecule is FC(F)(F)Cn1c(SCc2ccc(-n3ccnc3)nc2)nnc1N1CCOCC1. The molecule has 0 aromatic carbocycles.